The Morgan fingerprint density at radius 3 is 2.52 bits per heavy atom. The first-order chi connectivity index (χ1) is 13.9. The first-order valence-electron chi connectivity index (χ1n) is 9.80. The van der Waals surface area contributed by atoms with Crippen LogP contribution < -0.4 is 0 Å². The molecule has 6 nitrogen and oxygen atoms in total. The van der Waals surface area contributed by atoms with Crippen LogP contribution in [0.1, 0.15) is 29.3 Å². The van der Waals surface area contributed by atoms with Crippen LogP contribution in [0.2, 0.25) is 0 Å². The van der Waals surface area contributed by atoms with Crippen molar-refractivity contribution in [2.45, 2.75) is 45.1 Å². The lowest BCUT2D eigenvalue weighted by atomic mass is 10.1. The van der Waals surface area contributed by atoms with Gasteiger partial charge in [-0.25, -0.2) is 13.4 Å². The van der Waals surface area contributed by atoms with E-state index in [1.807, 2.05) is 49.0 Å². The SMILES string of the molecule is CCS(=O)(=O)c1ncc(CN(C)Cc2ccncc2C)n1CCc1ccccc1. The number of imidazole rings is 1. The van der Waals surface area contributed by atoms with Crippen LogP contribution in [0.15, 0.2) is 60.1 Å². The van der Waals surface area contributed by atoms with E-state index >= 15 is 0 Å². The molecule has 29 heavy (non-hydrogen) atoms. The Bertz CT molecular complexity index is 1050. The summed E-state index contributed by atoms with van der Waals surface area (Å²) in [5.41, 5.74) is 4.43. The minimum atomic E-state index is -3.39. The predicted octanol–water partition coefficient (Wildman–Crippen LogP) is 3.25. The molecule has 2 heterocycles. The molecule has 2 aromatic heterocycles. The van der Waals surface area contributed by atoms with Crippen LogP contribution in [-0.4, -0.2) is 40.7 Å². The van der Waals surface area contributed by atoms with E-state index in [9.17, 15) is 8.42 Å². The van der Waals surface area contributed by atoms with Crippen molar-refractivity contribution in [2.24, 2.45) is 0 Å². The molecule has 0 bridgehead atoms. The standard InChI is InChI=1S/C22H28N4O2S/c1-4-29(27,28)22-24-15-21(26(22)13-11-19-8-6-5-7-9-19)17-25(3)16-20-10-12-23-14-18(20)2/h5-10,12,14-15H,4,11,13,16-17H2,1-3H3. The van der Waals surface area contributed by atoms with Gasteiger partial charge in [-0.05, 0) is 43.1 Å². The van der Waals surface area contributed by atoms with Crippen molar-refractivity contribution in [3.63, 3.8) is 0 Å². The van der Waals surface area contributed by atoms with Crippen molar-refractivity contribution in [3.05, 3.63) is 77.4 Å². The van der Waals surface area contributed by atoms with Crippen molar-refractivity contribution in [1.29, 1.82) is 0 Å². The lowest BCUT2D eigenvalue weighted by molar-refractivity contribution is 0.307. The molecule has 0 atom stereocenters. The van der Waals surface area contributed by atoms with Gasteiger partial charge in [0.25, 0.3) is 0 Å². The highest BCUT2D eigenvalue weighted by atomic mass is 32.2. The molecule has 0 unspecified atom stereocenters. The fraction of sp³-hybridized carbons (Fsp3) is 0.364. The summed E-state index contributed by atoms with van der Waals surface area (Å²) in [4.78, 5) is 10.6. The molecule has 154 valence electrons. The molecule has 0 aliphatic rings. The van der Waals surface area contributed by atoms with Crippen molar-refractivity contribution in [3.8, 4) is 0 Å². The fourth-order valence-corrected chi connectivity index (χ4v) is 4.34. The Balaban J connectivity index is 1.82. The van der Waals surface area contributed by atoms with E-state index in [-0.39, 0.29) is 10.9 Å². The average molecular weight is 413 g/mol. The van der Waals surface area contributed by atoms with Gasteiger partial charge in [-0.15, -0.1) is 0 Å². The number of hydrogen-bond donors (Lipinski definition) is 0. The third kappa shape index (κ3) is 5.31. The van der Waals surface area contributed by atoms with Gasteiger partial charge in [0.15, 0.2) is 0 Å². The Morgan fingerprint density at radius 1 is 1.07 bits per heavy atom. The van der Waals surface area contributed by atoms with Gasteiger partial charge in [-0.1, -0.05) is 37.3 Å². The Labute approximate surface area is 173 Å². The summed E-state index contributed by atoms with van der Waals surface area (Å²) < 4.78 is 27.0. The van der Waals surface area contributed by atoms with E-state index in [1.165, 1.54) is 11.1 Å². The summed E-state index contributed by atoms with van der Waals surface area (Å²) in [6, 6.07) is 12.1. The van der Waals surface area contributed by atoms with Crippen molar-refractivity contribution >= 4 is 9.84 Å². The van der Waals surface area contributed by atoms with Crippen LogP contribution in [0.25, 0.3) is 0 Å². The molecule has 0 aliphatic heterocycles. The van der Waals surface area contributed by atoms with Gasteiger partial charge in [0, 0.05) is 32.0 Å². The molecule has 0 saturated carbocycles. The molecule has 0 N–H and O–H groups in total. The van der Waals surface area contributed by atoms with Gasteiger partial charge in [0.05, 0.1) is 17.6 Å². The normalized spacial score (nSPS) is 11.9. The Morgan fingerprint density at radius 2 is 1.83 bits per heavy atom. The lowest BCUT2D eigenvalue weighted by Crippen LogP contribution is -2.22. The van der Waals surface area contributed by atoms with Gasteiger partial charge in [0.2, 0.25) is 15.0 Å². The van der Waals surface area contributed by atoms with Crippen LogP contribution in [0.4, 0.5) is 0 Å². The summed E-state index contributed by atoms with van der Waals surface area (Å²) in [7, 11) is -1.36. The monoisotopic (exact) mass is 412 g/mol. The quantitative estimate of drug-likeness (QED) is 0.540. The van der Waals surface area contributed by atoms with Crippen molar-refractivity contribution < 1.29 is 8.42 Å². The molecule has 0 radical (unpaired) electrons. The number of rotatable bonds is 9. The van der Waals surface area contributed by atoms with Gasteiger partial charge in [-0.3, -0.25) is 9.88 Å². The minimum absolute atomic E-state index is 0.0425. The van der Waals surface area contributed by atoms with E-state index in [0.717, 1.165) is 24.2 Å². The third-order valence-electron chi connectivity index (χ3n) is 5.04. The van der Waals surface area contributed by atoms with E-state index < -0.39 is 9.84 Å². The summed E-state index contributed by atoms with van der Waals surface area (Å²) in [5.74, 6) is 0.0425. The molecular formula is C22H28N4O2S. The van der Waals surface area contributed by atoms with Crippen LogP contribution in [-0.2, 0) is 35.9 Å². The third-order valence-corrected chi connectivity index (χ3v) is 6.68. The topological polar surface area (TPSA) is 68.1 Å². The Kier molecular flexibility index (Phi) is 6.82. The second-order valence-electron chi connectivity index (χ2n) is 7.30. The first kappa shape index (κ1) is 21.2. The molecule has 1 aromatic carbocycles. The van der Waals surface area contributed by atoms with Crippen LogP contribution >= 0.6 is 0 Å². The largest absolute Gasteiger partial charge is 0.317 e. The molecule has 0 fully saturated rings. The molecule has 3 aromatic rings. The van der Waals surface area contributed by atoms with E-state index in [1.54, 1.807) is 19.3 Å². The fourth-order valence-electron chi connectivity index (χ4n) is 3.32. The highest BCUT2D eigenvalue weighted by Gasteiger charge is 2.22. The highest BCUT2D eigenvalue weighted by molar-refractivity contribution is 7.91. The summed E-state index contributed by atoms with van der Waals surface area (Å²) >= 11 is 0. The molecule has 0 amide bonds. The maximum absolute atomic E-state index is 12.6. The van der Waals surface area contributed by atoms with Gasteiger partial charge in [-0.2, -0.15) is 0 Å². The highest BCUT2D eigenvalue weighted by Crippen LogP contribution is 2.17. The predicted molar refractivity (Wildman–Crippen MR) is 114 cm³/mol. The smallest absolute Gasteiger partial charge is 0.227 e. The minimum Gasteiger partial charge on any atom is -0.317 e. The number of nitrogens with zero attached hydrogens (tertiary/aromatic N) is 4. The number of benzene rings is 1. The zero-order valence-corrected chi connectivity index (χ0v) is 18.1. The van der Waals surface area contributed by atoms with Crippen molar-refractivity contribution in [2.75, 3.05) is 12.8 Å². The summed E-state index contributed by atoms with van der Waals surface area (Å²) in [6.45, 7) is 5.66. The Hall–Kier alpha value is -2.51. The zero-order valence-electron chi connectivity index (χ0n) is 17.2. The van der Waals surface area contributed by atoms with Crippen LogP contribution in [0.5, 0.6) is 0 Å². The lowest BCUT2D eigenvalue weighted by Gasteiger charge is -2.19. The summed E-state index contributed by atoms with van der Waals surface area (Å²) in [5, 5.41) is 0.166. The number of pyridine rings is 1. The number of aromatic nitrogens is 3. The average Bonchev–Trinajstić information content (AvgIpc) is 3.12. The van der Waals surface area contributed by atoms with Crippen molar-refractivity contribution in [1.82, 2.24) is 19.4 Å². The second kappa shape index (κ2) is 9.33. The maximum atomic E-state index is 12.6. The molecule has 7 heteroatoms. The number of hydrogen-bond acceptors (Lipinski definition) is 5. The van der Waals surface area contributed by atoms with E-state index in [4.69, 9.17) is 0 Å². The van der Waals surface area contributed by atoms with Gasteiger partial charge >= 0.3 is 0 Å². The molecule has 0 spiro atoms. The van der Waals surface area contributed by atoms with Gasteiger partial charge in [0.1, 0.15) is 0 Å². The zero-order chi connectivity index (χ0) is 20.9. The van der Waals surface area contributed by atoms with E-state index in [2.05, 4.69) is 27.0 Å². The van der Waals surface area contributed by atoms with Crippen LogP contribution in [0.3, 0.4) is 0 Å². The number of aryl methyl sites for hydroxylation is 2. The molecular weight excluding hydrogens is 384 g/mol. The summed E-state index contributed by atoms with van der Waals surface area (Å²) in [6.07, 6.45) is 6.11. The molecule has 0 saturated heterocycles. The second-order valence-corrected chi connectivity index (χ2v) is 9.47. The number of sulfone groups is 1. The van der Waals surface area contributed by atoms with Crippen LogP contribution in [0, 0.1) is 6.92 Å². The first-order valence-corrected chi connectivity index (χ1v) is 11.4. The molecule has 0 aliphatic carbocycles. The van der Waals surface area contributed by atoms with Gasteiger partial charge < -0.3 is 4.57 Å². The van der Waals surface area contributed by atoms with E-state index in [0.29, 0.717) is 13.1 Å². The molecule has 3 rings (SSSR count). The maximum Gasteiger partial charge on any atom is 0.227 e.